The molecule has 0 aliphatic heterocycles. The average Bonchev–Trinajstić information content (AvgIpc) is 2.73. The first kappa shape index (κ1) is 12.8. The van der Waals surface area contributed by atoms with E-state index in [1.54, 1.807) is 6.20 Å². The largest absolute Gasteiger partial charge is 0.374 e. The third kappa shape index (κ3) is 3.67. The van der Waals surface area contributed by atoms with Gasteiger partial charge in [-0.3, -0.25) is 4.79 Å². The van der Waals surface area contributed by atoms with E-state index in [0.717, 1.165) is 5.56 Å². The summed E-state index contributed by atoms with van der Waals surface area (Å²) in [5, 5.41) is 10.6. The van der Waals surface area contributed by atoms with E-state index in [0.29, 0.717) is 15.3 Å². The Kier molecular flexibility index (Phi) is 4.11. The third-order valence-electron chi connectivity index (χ3n) is 1.93. The van der Waals surface area contributed by atoms with E-state index in [2.05, 4.69) is 20.5 Å². The fraction of sp³-hybridized carbons (Fsp3) is 0.200. The number of nitrogens with zero attached hydrogens (tertiary/aromatic N) is 3. The van der Waals surface area contributed by atoms with Crippen molar-refractivity contribution < 1.29 is 4.79 Å². The van der Waals surface area contributed by atoms with E-state index >= 15 is 0 Å². The van der Waals surface area contributed by atoms with Crippen molar-refractivity contribution in [3.05, 3.63) is 23.9 Å². The lowest BCUT2D eigenvalue weighted by Gasteiger charge is -2.03. The summed E-state index contributed by atoms with van der Waals surface area (Å²) in [5.74, 6) is 0.675. The lowest BCUT2D eigenvalue weighted by atomic mass is 10.3. The van der Waals surface area contributed by atoms with E-state index in [1.165, 1.54) is 23.1 Å². The summed E-state index contributed by atoms with van der Waals surface area (Å²) in [6.45, 7) is 1.94. The molecule has 0 saturated carbocycles. The van der Waals surface area contributed by atoms with Gasteiger partial charge < -0.3 is 11.1 Å². The quantitative estimate of drug-likeness (QED) is 0.826. The van der Waals surface area contributed by atoms with Gasteiger partial charge in [0.25, 0.3) is 0 Å². The van der Waals surface area contributed by atoms with Crippen LogP contribution < -0.4 is 11.1 Å². The summed E-state index contributed by atoms with van der Waals surface area (Å²) in [6, 6.07) is 3.68. The zero-order valence-electron chi connectivity index (χ0n) is 9.58. The standard InChI is InChI=1S/C10H11N5OS2/c1-6-2-3-12-7(4-6)13-8(16)5-17-10-15-14-9(11)18-10/h2-4H,5H2,1H3,(H2,11,14)(H,12,13,16). The lowest BCUT2D eigenvalue weighted by molar-refractivity contribution is -0.113. The summed E-state index contributed by atoms with van der Waals surface area (Å²) < 4.78 is 0.680. The number of hydrogen-bond donors (Lipinski definition) is 2. The van der Waals surface area contributed by atoms with Crippen molar-refractivity contribution in [3.63, 3.8) is 0 Å². The highest BCUT2D eigenvalue weighted by atomic mass is 32.2. The van der Waals surface area contributed by atoms with Crippen LogP contribution in [0, 0.1) is 6.92 Å². The maximum Gasteiger partial charge on any atom is 0.235 e. The Hall–Kier alpha value is -1.67. The number of anilines is 2. The monoisotopic (exact) mass is 281 g/mol. The van der Waals surface area contributed by atoms with Crippen LogP contribution >= 0.6 is 23.1 Å². The van der Waals surface area contributed by atoms with E-state index < -0.39 is 0 Å². The van der Waals surface area contributed by atoms with Crippen molar-refractivity contribution >= 4 is 40.0 Å². The summed E-state index contributed by atoms with van der Waals surface area (Å²) in [6.07, 6.45) is 1.66. The first-order valence-electron chi connectivity index (χ1n) is 5.08. The van der Waals surface area contributed by atoms with Gasteiger partial charge in [0, 0.05) is 6.20 Å². The van der Waals surface area contributed by atoms with Crippen molar-refractivity contribution in [2.45, 2.75) is 11.3 Å². The van der Waals surface area contributed by atoms with Crippen LogP contribution in [0.5, 0.6) is 0 Å². The highest BCUT2D eigenvalue weighted by molar-refractivity contribution is 8.01. The minimum atomic E-state index is -0.133. The van der Waals surface area contributed by atoms with Crippen LogP contribution in [0.4, 0.5) is 10.9 Å². The molecule has 0 radical (unpaired) electrons. The smallest absolute Gasteiger partial charge is 0.235 e. The molecule has 2 heterocycles. The van der Waals surface area contributed by atoms with Gasteiger partial charge in [-0.2, -0.15) is 0 Å². The van der Waals surface area contributed by atoms with Gasteiger partial charge >= 0.3 is 0 Å². The number of carbonyl (C=O) groups excluding carboxylic acids is 1. The van der Waals surface area contributed by atoms with E-state index in [1.807, 2.05) is 19.1 Å². The molecule has 94 valence electrons. The number of pyridine rings is 1. The number of thioether (sulfide) groups is 1. The zero-order valence-corrected chi connectivity index (χ0v) is 11.2. The minimum Gasteiger partial charge on any atom is -0.374 e. The first-order chi connectivity index (χ1) is 8.63. The molecule has 0 bridgehead atoms. The maximum atomic E-state index is 11.7. The molecular formula is C10H11N5OS2. The van der Waals surface area contributed by atoms with Crippen molar-refractivity contribution in [1.29, 1.82) is 0 Å². The Labute approximate surface area is 112 Å². The van der Waals surface area contributed by atoms with Gasteiger partial charge in [0.1, 0.15) is 5.82 Å². The summed E-state index contributed by atoms with van der Waals surface area (Å²) in [4.78, 5) is 15.7. The van der Waals surface area contributed by atoms with E-state index in [-0.39, 0.29) is 11.7 Å². The normalized spacial score (nSPS) is 10.3. The van der Waals surface area contributed by atoms with Gasteiger partial charge in [-0.25, -0.2) is 4.98 Å². The number of aryl methyl sites for hydroxylation is 1. The highest BCUT2D eigenvalue weighted by Gasteiger charge is 2.07. The molecule has 0 saturated heterocycles. The molecule has 0 atom stereocenters. The topological polar surface area (TPSA) is 93.8 Å². The van der Waals surface area contributed by atoms with Gasteiger partial charge in [0.05, 0.1) is 5.75 Å². The first-order valence-corrected chi connectivity index (χ1v) is 6.88. The predicted molar refractivity (Wildman–Crippen MR) is 72.6 cm³/mol. The number of aromatic nitrogens is 3. The summed E-state index contributed by atoms with van der Waals surface area (Å²) in [5.41, 5.74) is 6.49. The van der Waals surface area contributed by atoms with Crippen molar-refractivity contribution in [3.8, 4) is 0 Å². The summed E-state index contributed by atoms with van der Waals surface area (Å²) >= 11 is 2.56. The second-order valence-corrected chi connectivity index (χ2v) is 5.69. The molecule has 8 heteroatoms. The molecule has 0 aliphatic rings. The number of nitrogens with two attached hydrogens (primary N) is 1. The third-order valence-corrected chi connectivity index (χ3v) is 3.82. The molecule has 2 rings (SSSR count). The average molecular weight is 281 g/mol. The minimum absolute atomic E-state index is 0.133. The number of hydrogen-bond acceptors (Lipinski definition) is 7. The number of amides is 1. The summed E-state index contributed by atoms with van der Waals surface area (Å²) in [7, 11) is 0. The predicted octanol–water partition coefficient (Wildman–Crippen LogP) is 1.55. The number of rotatable bonds is 4. The maximum absolute atomic E-state index is 11.7. The SMILES string of the molecule is Cc1ccnc(NC(=O)CSc2nnc(N)s2)c1. The van der Waals surface area contributed by atoms with Gasteiger partial charge in [-0.05, 0) is 24.6 Å². The van der Waals surface area contributed by atoms with Gasteiger partial charge in [-0.1, -0.05) is 23.1 Å². The Bertz CT molecular complexity index is 557. The second-order valence-electron chi connectivity index (χ2n) is 3.46. The van der Waals surface area contributed by atoms with Gasteiger partial charge in [-0.15, -0.1) is 10.2 Å². The van der Waals surface area contributed by atoms with Crippen LogP contribution in [0.1, 0.15) is 5.56 Å². The molecular weight excluding hydrogens is 270 g/mol. The molecule has 0 unspecified atom stereocenters. The Balaban J connectivity index is 1.85. The number of nitrogen functional groups attached to an aromatic ring is 1. The molecule has 6 nitrogen and oxygen atoms in total. The molecule has 18 heavy (non-hydrogen) atoms. The van der Waals surface area contributed by atoms with E-state index in [4.69, 9.17) is 5.73 Å². The van der Waals surface area contributed by atoms with Crippen LogP contribution in [-0.4, -0.2) is 26.8 Å². The van der Waals surface area contributed by atoms with Crippen molar-refractivity contribution in [2.75, 3.05) is 16.8 Å². The van der Waals surface area contributed by atoms with Crippen LogP contribution in [0.3, 0.4) is 0 Å². The zero-order chi connectivity index (χ0) is 13.0. The molecule has 0 fully saturated rings. The van der Waals surface area contributed by atoms with Crippen LogP contribution in [0.25, 0.3) is 0 Å². The molecule has 0 aliphatic carbocycles. The molecule has 2 aromatic heterocycles. The van der Waals surface area contributed by atoms with E-state index in [9.17, 15) is 4.79 Å². The molecule has 2 aromatic rings. The molecule has 0 aromatic carbocycles. The fourth-order valence-corrected chi connectivity index (χ4v) is 2.63. The number of carbonyl (C=O) groups is 1. The lowest BCUT2D eigenvalue weighted by Crippen LogP contribution is -2.14. The van der Waals surface area contributed by atoms with Gasteiger partial charge in [0.15, 0.2) is 4.34 Å². The van der Waals surface area contributed by atoms with Crippen molar-refractivity contribution in [1.82, 2.24) is 15.2 Å². The molecule has 3 N–H and O–H groups in total. The molecule has 1 amide bonds. The van der Waals surface area contributed by atoms with Crippen LogP contribution in [-0.2, 0) is 4.79 Å². The molecule has 0 spiro atoms. The number of nitrogens with one attached hydrogen (secondary N) is 1. The Morgan fingerprint density at radius 2 is 2.39 bits per heavy atom. The Morgan fingerprint density at radius 1 is 1.56 bits per heavy atom. The van der Waals surface area contributed by atoms with Crippen LogP contribution in [0.15, 0.2) is 22.7 Å². The second kappa shape index (κ2) is 5.78. The fourth-order valence-electron chi connectivity index (χ4n) is 1.19. The van der Waals surface area contributed by atoms with Gasteiger partial charge in [0.2, 0.25) is 11.0 Å². The Morgan fingerprint density at radius 3 is 3.06 bits per heavy atom. The van der Waals surface area contributed by atoms with Crippen LogP contribution in [0.2, 0.25) is 0 Å². The van der Waals surface area contributed by atoms with Crippen molar-refractivity contribution in [2.24, 2.45) is 0 Å². The highest BCUT2D eigenvalue weighted by Crippen LogP contribution is 2.23.